The second-order valence-electron chi connectivity index (χ2n) is 6.13. The van der Waals surface area contributed by atoms with E-state index in [9.17, 15) is 9.18 Å². The van der Waals surface area contributed by atoms with Gasteiger partial charge in [0.1, 0.15) is 17.6 Å². The van der Waals surface area contributed by atoms with Crippen molar-refractivity contribution in [3.05, 3.63) is 80.6 Å². The topological polar surface area (TPSA) is 42.3 Å². The van der Waals surface area contributed by atoms with Crippen molar-refractivity contribution in [2.75, 3.05) is 0 Å². The molecule has 2 heterocycles. The first kappa shape index (κ1) is 18.3. The van der Waals surface area contributed by atoms with Gasteiger partial charge in [0.05, 0.1) is 4.88 Å². The Balaban J connectivity index is 1.57. The van der Waals surface area contributed by atoms with E-state index < -0.39 is 6.04 Å². The zero-order valence-corrected chi connectivity index (χ0v) is 16.7. The molecule has 3 nitrogen and oxygen atoms in total. The maximum atomic E-state index is 13.3. The van der Waals surface area contributed by atoms with E-state index in [2.05, 4.69) is 9.98 Å². The molecule has 0 bridgehead atoms. The minimum Gasteiger partial charge on any atom is -0.290 e. The quantitative estimate of drug-likeness (QED) is 0.498. The summed E-state index contributed by atoms with van der Waals surface area (Å²) in [5.74, 6) is 0.187. The van der Waals surface area contributed by atoms with Gasteiger partial charge in [-0.3, -0.25) is 9.79 Å². The second kappa shape index (κ2) is 7.54. The van der Waals surface area contributed by atoms with Gasteiger partial charge in [-0.1, -0.05) is 47.6 Å². The highest BCUT2D eigenvalue weighted by Gasteiger charge is 2.32. The maximum Gasteiger partial charge on any atom is 0.211 e. The smallest absolute Gasteiger partial charge is 0.211 e. The molecule has 0 radical (unpaired) electrons. The normalized spacial score (nSPS) is 15.8. The fourth-order valence-corrected chi connectivity index (χ4v) is 5.26. The molecule has 0 N–H and O–H groups in total. The van der Waals surface area contributed by atoms with Gasteiger partial charge in [0, 0.05) is 22.6 Å². The molecule has 1 aliphatic heterocycles. The van der Waals surface area contributed by atoms with Gasteiger partial charge in [-0.2, -0.15) is 0 Å². The molecule has 7 heteroatoms. The standard InChI is InChI=1S/C20H14ClFN2OS2/c1-11-4-2-7-14(21)16(11)18-19(25)17-15(9-23-18)27-20(24-17)26-10-12-5-3-6-13(22)8-12/h2-9,18H,10H2,1H3. The summed E-state index contributed by atoms with van der Waals surface area (Å²) < 4.78 is 14.1. The number of aryl methyl sites for hydroxylation is 1. The fourth-order valence-electron chi connectivity index (χ4n) is 2.95. The Bertz CT molecular complexity index is 1040. The molecule has 136 valence electrons. The number of nitrogens with zero attached hydrogens (tertiary/aromatic N) is 2. The fraction of sp³-hybridized carbons (Fsp3) is 0.150. The van der Waals surface area contributed by atoms with Crippen LogP contribution in [0.15, 0.2) is 51.8 Å². The van der Waals surface area contributed by atoms with Crippen molar-refractivity contribution in [3.63, 3.8) is 0 Å². The van der Waals surface area contributed by atoms with Crippen LogP contribution in [-0.2, 0) is 5.75 Å². The molecule has 0 amide bonds. The molecular formula is C20H14ClFN2OS2. The lowest BCUT2D eigenvalue weighted by Gasteiger charge is -2.17. The second-order valence-corrected chi connectivity index (χ2v) is 8.79. The van der Waals surface area contributed by atoms with Gasteiger partial charge in [0.2, 0.25) is 5.78 Å². The van der Waals surface area contributed by atoms with E-state index in [1.807, 2.05) is 25.1 Å². The highest BCUT2D eigenvalue weighted by Crippen LogP contribution is 2.37. The number of fused-ring (bicyclic) bond motifs is 1. The van der Waals surface area contributed by atoms with Crippen molar-refractivity contribution >= 4 is 46.7 Å². The van der Waals surface area contributed by atoms with Crippen LogP contribution in [-0.4, -0.2) is 17.0 Å². The Morgan fingerprint density at radius 1 is 1.26 bits per heavy atom. The van der Waals surface area contributed by atoms with Crippen molar-refractivity contribution in [3.8, 4) is 0 Å². The lowest BCUT2D eigenvalue weighted by molar-refractivity contribution is 0.0955. The summed E-state index contributed by atoms with van der Waals surface area (Å²) in [6, 6.07) is 11.4. The van der Waals surface area contributed by atoms with Crippen LogP contribution >= 0.6 is 34.7 Å². The first-order valence-corrected chi connectivity index (χ1v) is 10.4. The average molecular weight is 417 g/mol. The van der Waals surface area contributed by atoms with E-state index >= 15 is 0 Å². The van der Waals surface area contributed by atoms with Crippen LogP contribution < -0.4 is 0 Å². The molecule has 27 heavy (non-hydrogen) atoms. The number of carbonyl (C=O) groups excluding carboxylic acids is 1. The van der Waals surface area contributed by atoms with Gasteiger partial charge in [-0.05, 0) is 36.2 Å². The average Bonchev–Trinajstić information content (AvgIpc) is 3.06. The third-order valence-corrected chi connectivity index (χ3v) is 6.79. The van der Waals surface area contributed by atoms with Crippen molar-refractivity contribution in [1.82, 2.24) is 4.98 Å². The predicted molar refractivity (Wildman–Crippen MR) is 109 cm³/mol. The Morgan fingerprint density at radius 3 is 2.85 bits per heavy atom. The number of aromatic nitrogens is 1. The monoisotopic (exact) mass is 416 g/mol. The van der Waals surface area contributed by atoms with E-state index in [1.54, 1.807) is 18.3 Å². The van der Waals surface area contributed by atoms with Crippen molar-refractivity contribution < 1.29 is 9.18 Å². The SMILES string of the molecule is Cc1cccc(Cl)c1C1N=Cc2sc(SCc3cccc(F)c3)nc2C1=O. The van der Waals surface area contributed by atoms with Gasteiger partial charge in [-0.15, -0.1) is 11.3 Å². The molecule has 0 saturated carbocycles. The van der Waals surface area contributed by atoms with Crippen LogP contribution in [0.4, 0.5) is 4.39 Å². The van der Waals surface area contributed by atoms with E-state index in [1.165, 1.54) is 35.2 Å². The molecule has 0 aliphatic carbocycles. The largest absolute Gasteiger partial charge is 0.290 e. The maximum absolute atomic E-state index is 13.3. The van der Waals surface area contributed by atoms with Crippen LogP contribution in [0.5, 0.6) is 0 Å². The van der Waals surface area contributed by atoms with E-state index in [-0.39, 0.29) is 11.6 Å². The first-order valence-electron chi connectivity index (χ1n) is 8.23. The summed E-state index contributed by atoms with van der Waals surface area (Å²) in [6.45, 7) is 1.92. The number of hydrogen-bond donors (Lipinski definition) is 0. The number of thiazole rings is 1. The van der Waals surface area contributed by atoms with Gasteiger partial charge in [0.25, 0.3) is 0 Å². The summed E-state index contributed by atoms with van der Waals surface area (Å²) in [7, 11) is 0. The van der Waals surface area contributed by atoms with Gasteiger partial charge >= 0.3 is 0 Å². The van der Waals surface area contributed by atoms with Crippen LogP contribution in [0.2, 0.25) is 5.02 Å². The highest BCUT2D eigenvalue weighted by atomic mass is 35.5. The summed E-state index contributed by atoms with van der Waals surface area (Å²) >= 11 is 9.22. The number of hydrogen-bond acceptors (Lipinski definition) is 5. The zero-order chi connectivity index (χ0) is 19.0. The van der Waals surface area contributed by atoms with Crippen molar-refractivity contribution in [2.24, 2.45) is 4.99 Å². The van der Waals surface area contributed by atoms with Gasteiger partial charge in [-0.25, -0.2) is 9.37 Å². The third-order valence-electron chi connectivity index (χ3n) is 4.25. The Kier molecular flexibility index (Phi) is 5.12. The molecule has 1 atom stereocenters. The molecule has 3 aromatic rings. The van der Waals surface area contributed by atoms with Crippen LogP contribution in [0, 0.1) is 12.7 Å². The zero-order valence-electron chi connectivity index (χ0n) is 14.3. The van der Waals surface area contributed by atoms with E-state index in [0.29, 0.717) is 16.5 Å². The molecule has 2 aromatic carbocycles. The lowest BCUT2D eigenvalue weighted by Crippen LogP contribution is -2.18. The molecule has 4 rings (SSSR count). The minimum atomic E-state index is -0.658. The van der Waals surface area contributed by atoms with Crippen LogP contribution in [0.3, 0.4) is 0 Å². The number of carbonyl (C=O) groups is 1. The predicted octanol–water partition coefficient (Wildman–Crippen LogP) is 5.89. The molecule has 0 fully saturated rings. The summed E-state index contributed by atoms with van der Waals surface area (Å²) in [6.07, 6.45) is 1.70. The summed E-state index contributed by atoms with van der Waals surface area (Å²) in [4.78, 5) is 22.7. The van der Waals surface area contributed by atoms with E-state index in [0.717, 1.165) is 25.9 Å². The Hall–Kier alpha value is -2.02. The molecule has 1 unspecified atom stereocenters. The van der Waals surface area contributed by atoms with Crippen molar-refractivity contribution in [2.45, 2.75) is 23.1 Å². The highest BCUT2D eigenvalue weighted by molar-refractivity contribution is 8.00. The Morgan fingerprint density at radius 2 is 2.07 bits per heavy atom. The summed E-state index contributed by atoms with van der Waals surface area (Å²) in [5.41, 5.74) is 2.96. The molecule has 1 aliphatic rings. The molecule has 1 aromatic heterocycles. The van der Waals surface area contributed by atoms with Gasteiger partial charge < -0.3 is 0 Å². The lowest BCUT2D eigenvalue weighted by atomic mass is 9.95. The Labute approximate surface area is 169 Å². The number of halogens is 2. The third kappa shape index (κ3) is 3.70. The van der Waals surface area contributed by atoms with Crippen LogP contribution in [0.25, 0.3) is 0 Å². The van der Waals surface area contributed by atoms with Crippen molar-refractivity contribution in [1.29, 1.82) is 0 Å². The number of aliphatic imine (C=N–C) groups is 1. The number of Topliss-reactive ketones (excluding diaryl/α,β-unsaturated/α-hetero) is 1. The van der Waals surface area contributed by atoms with Gasteiger partial charge in [0.15, 0.2) is 4.34 Å². The van der Waals surface area contributed by atoms with Crippen LogP contribution in [0.1, 0.15) is 38.1 Å². The molecular weight excluding hydrogens is 403 g/mol. The van der Waals surface area contributed by atoms with E-state index in [4.69, 9.17) is 11.6 Å². The summed E-state index contributed by atoms with van der Waals surface area (Å²) in [5, 5.41) is 0.532. The first-order chi connectivity index (χ1) is 13.0. The minimum absolute atomic E-state index is 0.141. The number of thioether (sulfide) groups is 1. The molecule has 0 spiro atoms. The molecule has 0 saturated heterocycles. The number of benzene rings is 2. The number of rotatable bonds is 4. The number of ketones is 1.